The van der Waals surface area contributed by atoms with Gasteiger partial charge in [0, 0.05) is 0 Å². The molecule has 1 N–H and O–H groups in total. The summed E-state index contributed by atoms with van der Waals surface area (Å²) in [4.78, 5) is 7.79. The lowest BCUT2D eigenvalue weighted by Crippen LogP contribution is -2.17. The Hall–Kier alpha value is -1.27. The van der Waals surface area contributed by atoms with Crippen LogP contribution in [-0.4, -0.2) is 16.0 Å². The maximum Gasteiger partial charge on any atom is 0.149 e. The van der Waals surface area contributed by atoms with Crippen molar-refractivity contribution >= 4 is 17.4 Å². The van der Waals surface area contributed by atoms with Crippen molar-refractivity contribution in [3.05, 3.63) is 17.5 Å². The van der Waals surface area contributed by atoms with Crippen LogP contribution in [0.4, 0.5) is 5.82 Å². The largest absolute Gasteiger partial charge is 0.355 e. The van der Waals surface area contributed by atoms with E-state index in [0.29, 0.717) is 10.8 Å². The lowest BCUT2D eigenvalue weighted by atomic mass is 10.2. The minimum atomic E-state index is -0.0209. The molecule has 1 aromatic heterocycles. The fourth-order valence-electron chi connectivity index (χ4n) is 1.07. The standard InChI is InChI=1S/C10H12ClN3/c1-3-5-8(4-2)14-10-9(11)6-12-7-13-10/h2,6-8H,3,5H2,1H3,(H,12,13,14). The van der Waals surface area contributed by atoms with Crippen LogP contribution in [0, 0.1) is 12.3 Å². The molecule has 0 radical (unpaired) electrons. The average Bonchev–Trinajstić information content (AvgIpc) is 2.20. The van der Waals surface area contributed by atoms with E-state index in [1.165, 1.54) is 12.5 Å². The molecule has 0 aliphatic rings. The second-order valence-corrected chi connectivity index (χ2v) is 3.28. The number of nitrogens with one attached hydrogen (secondary N) is 1. The normalized spacial score (nSPS) is 11.8. The van der Waals surface area contributed by atoms with Crippen LogP contribution in [0.3, 0.4) is 0 Å². The Labute approximate surface area is 88.9 Å². The quantitative estimate of drug-likeness (QED) is 0.774. The molecule has 0 aliphatic carbocycles. The highest BCUT2D eigenvalue weighted by Crippen LogP contribution is 2.17. The predicted octanol–water partition coefficient (Wildman–Crippen LogP) is 2.34. The Morgan fingerprint density at radius 2 is 2.50 bits per heavy atom. The van der Waals surface area contributed by atoms with E-state index < -0.39 is 0 Å². The molecule has 1 aromatic rings. The number of hydrogen-bond acceptors (Lipinski definition) is 3. The zero-order valence-electron chi connectivity index (χ0n) is 8.00. The number of aromatic nitrogens is 2. The summed E-state index contributed by atoms with van der Waals surface area (Å²) in [5.74, 6) is 3.24. The molecule has 0 bridgehead atoms. The van der Waals surface area contributed by atoms with Crippen molar-refractivity contribution in [2.24, 2.45) is 0 Å². The Bertz CT molecular complexity index is 332. The van der Waals surface area contributed by atoms with Crippen molar-refractivity contribution < 1.29 is 0 Å². The fourth-order valence-corrected chi connectivity index (χ4v) is 1.23. The molecule has 0 amide bonds. The van der Waals surface area contributed by atoms with Gasteiger partial charge in [-0.25, -0.2) is 9.97 Å². The number of anilines is 1. The molecular formula is C10H12ClN3. The summed E-state index contributed by atoms with van der Waals surface area (Å²) in [5, 5.41) is 3.57. The summed E-state index contributed by atoms with van der Waals surface area (Å²) in [6.07, 6.45) is 10.3. The molecular weight excluding hydrogens is 198 g/mol. The highest BCUT2D eigenvalue weighted by Gasteiger charge is 2.06. The van der Waals surface area contributed by atoms with E-state index in [2.05, 4.69) is 28.1 Å². The molecule has 1 unspecified atom stereocenters. The van der Waals surface area contributed by atoms with Crippen LogP contribution < -0.4 is 5.32 Å². The molecule has 74 valence electrons. The van der Waals surface area contributed by atoms with E-state index in [1.54, 1.807) is 0 Å². The summed E-state index contributed by atoms with van der Waals surface area (Å²) in [6, 6.07) is -0.0209. The molecule has 0 saturated carbocycles. The van der Waals surface area contributed by atoms with Crippen molar-refractivity contribution in [2.75, 3.05) is 5.32 Å². The maximum atomic E-state index is 5.87. The van der Waals surface area contributed by atoms with Gasteiger partial charge in [-0.2, -0.15) is 0 Å². The third kappa shape index (κ3) is 2.90. The second-order valence-electron chi connectivity index (χ2n) is 2.87. The van der Waals surface area contributed by atoms with Gasteiger partial charge in [-0.15, -0.1) is 6.42 Å². The molecule has 3 nitrogen and oxygen atoms in total. The molecule has 0 spiro atoms. The van der Waals surface area contributed by atoms with Crippen molar-refractivity contribution in [1.82, 2.24) is 9.97 Å². The van der Waals surface area contributed by atoms with Crippen LogP contribution in [0.2, 0.25) is 5.02 Å². The monoisotopic (exact) mass is 209 g/mol. The molecule has 1 rings (SSSR count). The predicted molar refractivity (Wildman–Crippen MR) is 58.2 cm³/mol. The highest BCUT2D eigenvalue weighted by molar-refractivity contribution is 6.32. The summed E-state index contributed by atoms with van der Waals surface area (Å²) in [7, 11) is 0. The minimum Gasteiger partial charge on any atom is -0.355 e. The van der Waals surface area contributed by atoms with Gasteiger partial charge in [-0.05, 0) is 6.42 Å². The van der Waals surface area contributed by atoms with Crippen LogP contribution >= 0.6 is 11.6 Å². The summed E-state index contributed by atoms with van der Waals surface area (Å²) >= 11 is 5.87. The van der Waals surface area contributed by atoms with Gasteiger partial charge in [0.05, 0.1) is 12.2 Å². The summed E-state index contributed by atoms with van der Waals surface area (Å²) in [5.41, 5.74) is 0. The van der Waals surface area contributed by atoms with E-state index in [9.17, 15) is 0 Å². The Kier molecular flexibility index (Phi) is 4.21. The SMILES string of the molecule is C#CC(CCC)Nc1ncncc1Cl. The van der Waals surface area contributed by atoms with Crippen LogP contribution in [0.5, 0.6) is 0 Å². The smallest absolute Gasteiger partial charge is 0.149 e. The lowest BCUT2D eigenvalue weighted by molar-refractivity contribution is 0.752. The van der Waals surface area contributed by atoms with Gasteiger partial charge in [0.15, 0.2) is 0 Å². The average molecular weight is 210 g/mol. The van der Waals surface area contributed by atoms with E-state index in [4.69, 9.17) is 18.0 Å². The molecule has 0 fully saturated rings. The Morgan fingerprint density at radius 1 is 1.71 bits per heavy atom. The molecule has 1 heterocycles. The van der Waals surface area contributed by atoms with Gasteiger partial charge in [0.1, 0.15) is 17.2 Å². The van der Waals surface area contributed by atoms with Crippen LogP contribution in [0.15, 0.2) is 12.5 Å². The van der Waals surface area contributed by atoms with Gasteiger partial charge in [0.25, 0.3) is 0 Å². The lowest BCUT2D eigenvalue weighted by Gasteiger charge is -2.12. The zero-order chi connectivity index (χ0) is 10.4. The third-order valence-electron chi connectivity index (χ3n) is 1.76. The van der Waals surface area contributed by atoms with Crippen molar-refractivity contribution in [1.29, 1.82) is 0 Å². The maximum absolute atomic E-state index is 5.87. The summed E-state index contributed by atoms with van der Waals surface area (Å²) < 4.78 is 0. The molecule has 1 atom stereocenters. The fraction of sp³-hybridized carbons (Fsp3) is 0.400. The first-order valence-corrected chi connectivity index (χ1v) is 4.84. The summed E-state index contributed by atoms with van der Waals surface area (Å²) in [6.45, 7) is 2.08. The number of terminal acetylenes is 1. The van der Waals surface area contributed by atoms with Crippen molar-refractivity contribution in [3.63, 3.8) is 0 Å². The van der Waals surface area contributed by atoms with Gasteiger partial charge >= 0.3 is 0 Å². The Morgan fingerprint density at radius 3 is 3.07 bits per heavy atom. The van der Waals surface area contributed by atoms with Crippen LogP contribution in [0.25, 0.3) is 0 Å². The molecule has 0 aromatic carbocycles. The number of halogens is 1. The van der Waals surface area contributed by atoms with Crippen LogP contribution in [0.1, 0.15) is 19.8 Å². The number of rotatable bonds is 4. The van der Waals surface area contributed by atoms with Crippen LogP contribution in [-0.2, 0) is 0 Å². The van der Waals surface area contributed by atoms with E-state index >= 15 is 0 Å². The van der Waals surface area contributed by atoms with Crippen molar-refractivity contribution in [3.8, 4) is 12.3 Å². The topological polar surface area (TPSA) is 37.8 Å². The number of nitrogens with zero attached hydrogens (tertiary/aromatic N) is 2. The van der Waals surface area contributed by atoms with Gasteiger partial charge < -0.3 is 5.32 Å². The zero-order valence-corrected chi connectivity index (χ0v) is 8.75. The van der Waals surface area contributed by atoms with Gasteiger partial charge in [-0.1, -0.05) is 30.9 Å². The number of hydrogen-bond donors (Lipinski definition) is 1. The Balaban J connectivity index is 2.68. The molecule has 4 heteroatoms. The van der Waals surface area contributed by atoms with E-state index in [1.807, 2.05) is 0 Å². The first kappa shape index (κ1) is 10.8. The molecule has 14 heavy (non-hydrogen) atoms. The van der Waals surface area contributed by atoms with E-state index in [-0.39, 0.29) is 6.04 Å². The second kappa shape index (κ2) is 5.46. The van der Waals surface area contributed by atoms with E-state index in [0.717, 1.165) is 12.8 Å². The first-order chi connectivity index (χ1) is 6.77. The molecule has 0 aliphatic heterocycles. The first-order valence-electron chi connectivity index (χ1n) is 4.46. The van der Waals surface area contributed by atoms with Gasteiger partial charge in [0.2, 0.25) is 0 Å². The molecule has 0 saturated heterocycles. The minimum absolute atomic E-state index is 0.0209. The van der Waals surface area contributed by atoms with Gasteiger partial charge in [-0.3, -0.25) is 0 Å². The highest BCUT2D eigenvalue weighted by atomic mass is 35.5. The van der Waals surface area contributed by atoms with Crippen molar-refractivity contribution in [2.45, 2.75) is 25.8 Å². The third-order valence-corrected chi connectivity index (χ3v) is 2.03.